The second-order valence-corrected chi connectivity index (χ2v) is 8.01. The molecule has 0 aliphatic heterocycles. The fraction of sp³-hybridized carbons (Fsp3) is 0.333. The van der Waals surface area contributed by atoms with E-state index in [9.17, 15) is 31.1 Å². The second kappa shape index (κ2) is 8.89. The molecule has 1 N–H and O–H groups in total. The van der Waals surface area contributed by atoms with E-state index < -0.39 is 32.2 Å². The van der Waals surface area contributed by atoms with E-state index in [0.29, 0.717) is 6.07 Å². The highest BCUT2D eigenvalue weighted by atomic mass is 32.2. The van der Waals surface area contributed by atoms with E-state index in [1.165, 1.54) is 7.05 Å². The van der Waals surface area contributed by atoms with Crippen LogP contribution in [0.5, 0.6) is 0 Å². The molecule has 154 valence electrons. The highest BCUT2D eigenvalue weighted by molar-refractivity contribution is 7.92. The van der Waals surface area contributed by atoms with E-state index in [1.54, 1.807) is 0 Å². The monoisotopic (exact) mass is 421 g/mol. The largest absolute Gasteiger partial charge is 0.501 e. The number of aliphatic hydroxyl groups is 1. The van der Waals surface area contributed by atoms with Crippen LogP contribution in [0.15, 0.2) is 53.4 Å². The van der Waals surface area contributed by atoms with Crippen LogP contribution >= 0.6 is 0 Å². The molecule has 5 nitrogen and oxygen atoms in total. The fourth-order valence-electron chi connectivity index (χ4n) is 2.50. The van der Waals surface area contributed by atoms with Gasteiger partial charge in [-0.15, -0.1) is 0 Å². The Labute approximate surface area is 160 Å². The van der Waals surface area contributed by atoms with Crippen molar-refractivity contribution in [2.75, 3.05) is 25.1 Å². The maximum Gasteiger partial charge on any atom is 0.501 e. The van der Waals surface area contributed by atoms with Crippen molar-refractivity contribution in [2.45, 2.75) is 23.1 Å². The molecule has 1 unspecified atom stereocenters. The Hall–Kier alpha value is -2.17. The summed E-state index contributed by atoms with van der Waals surface area (Å²) in [5.41, 5.74) is -5.07. The summed E-state index contributed by atoms with van der Waals surface area (Å²) in [6, 6.07) is 11.2. The van der Waals surface area contributed by atoms with Gasteiger partial charge in [0.15, 0.2) is 0 Å². The molecule has 28 heavy (non-hydrogen) atoms. The minimum absolute atomic E-state index is 0.123. The fourth-order valence-corrected chi connectivity index (χ4v) is 3.51. The number of sulfone groups is 1. The Balaban J connectivity index is 2.08. The first kappa shape index (κ1) is 22.1. The summed E-state index contributed by atoms with van der Waals surface area (Å²) in [5, 5.41) is 10.1. The van der Waals surface area contributed by atoms with Gasteiger partial charge in [0, 0.05) is 13.6 Å². The summed E-state index contributed by atoms with van der Waals surface area (Å²) in [6.07, 6.45) is -1.11. The molecule has 0 heterocycles. The molecule has 0 bridgehead atoms. The zero-order valence-electron chi connectivity index (χ0n) is 14.9. The van der Waals surface area contributed by atoms with Gasteiger partial charge >= 0.3 is 5.51 Å². The number of benzene rings is 2. The lowest BCUT2D eigenvalue weighted by Gasteiger charge is -2.25. The zero-order chi connectivity index (χ0) is 20.9. The van der Waals surface area contributed by atoms with Crippen LogP contribution < -0.4 is 4.90 Å². The van der Waals surface area contributed by atoms with Crippen LogP contribution in [0.4, 0.5) is 23.2 Å². The van der Waals surface area contributed by atoms with Gasteiger partial charge in [-0.25, -0.2) is 12.8 Å². The molecular weight excluding hydrogens is 402 g/mol. The van der Waals surface area contributed by atoms with Gasteiger partial charge in [0.1, 0.15) is 10.7 Å². The average Bonchev–Trinajstić information content (AvgIpc) is 2.61. The van der Waals surface area contributed by atoms with Crippen molar-refractivity contribution in [2.24, 2.45) is 0 Å². The first-order chi connectivity index (χ1) is 13.0. The molecule has 0 fully saturated rings. The van der Waals surface area contributed by atoms with Gasteiger partial charge in [0.25, 0.3) is 9.84 Å². The molecule has 2 rings (SSSR count). The molecule has 2 aromatic carbocycles. The average molecular weight is 421 g/mol. The Morgan fingerprint density at radius 1 is 1.14 bits per heavy atom. The van der Waals surface area contributed by atoms with Crippen molar-refractivity contribution < 1.29 is 35.8 Å². The Morgan fingerprint density at radius 2 is 1.79 bits per heavy atom. The minimum atomic E-state index is -5.76. The quantitative estimate of drug-likeness (QED) is 0.664. The van der Waals surface area contributed by atoms with E-state index in [-0.39, 0.29) is 25.4 Å². The van der Waals surface area contributed by atoms with E-state index in [2.05, 4.69) is 0 Å². The normalized spacial score (nSPS) is 13.4. The van der Waals surface area contributed by atoms with Crippen molar-refractivity contribution in [3.05, 3.63) is 59.9 Å². The van der Waals surface area contributed by atoms with Crippen LogP contribution in [0.3, 0.4) is 0 Å². The van der Waals surface area contributed by atoms with Crippen molar-refractivity contribution in [1.29, 1.82) is 0 Å². The molecule has 0 aliphatic rings. The molecule has 0 aliphatic carbocycles. The molecule has 0 amide bonds. The number of hydrogen-bond acceptors (Lipinski definition) is 5. The van der Waals surface area contributed by atoms with Gasteiger partial charge in [-0.1, -0.05) is 30.3 Å². The molecule has 0 aromatic heterocycles. The molecule has 2 aromatic rings. The predicted octanol–water partition coefficient (Wildman–Crippen LogP) is 3.13. The topological polar surface area (TPSA) is 66.8 Å². The number of aliphatic hydroxyl groups excluding tert-OH is 1. The van der Waals surface area contributed by atoms with Crippen molar-refractivity contribution >= 4 is 15.5 Å². The third-order valence-corrected chi connectivity index (χ3v) is 5.35. The van der Waals surface area contributed by atoms with Crippen LogP contribution in [0.2, 0.25) is 0 Å². The first-order valence-corrected chi connectivity index (χ1v) is 9.62. The summed E-state index contributed by atoms with van der Waals surface area (Å²) >= 11 is 0. The van der Waals surface area contributed by atoms with E-state index in [0.717, 1.165) is 22.6 Å². The van der Waals surface area contributed by atoms with Crippen molar-refractivity contribution in [1.82, 2.24) is 0 Å². The highest BCUT2D eigenvalue weighted by Gasteiger charge is 2.48. The Bertz CT molecular complexity index is 888. The molecule has 0 saturated heterocycles. The Morgan fingerprint density at radius 3 is 2.39 bits per heavy atom. The lowest BCUT2D eigenvalue weighted by molar-refractivity contribution is -0.0435. The predicted molar refractivity (Wildman–Crippen MR) is 95.0 cm³/mol. The summed E-state index contributed by atoms with van der Waals surface area (Å²) < 4.78 is 80.9. The van der Waals surface area contributed by atoms with Crippen LogP contribution in [0.1, 0.15) is 5.56 Å². The number of rotatable bonds is 8. The van der Waals surface area contributed by atoms with Crippen molar-refractivity contribution in [3.8, 4) is 0 Å². The molecule has 0 saturated carbocycles. The molecule has 10 heteroatoms. The molecule has 1 atom stereocenters. The summed E-state index contributed by atoms with van der Waals surface area (Å²) in [4.78, 5) is -0.103. The molecular formula is C18H19F4NO4S. The van der Waals surface area contributed by atoms with Crippen LogP contribution in [0.25, 0.3) is 0 Å². The lowest BCUT2D eigenvalue weighted by Crippen LogP contribution is -2.34. The SMILES string of the molecule is CN(CC(O)COCc1ccccc1)c1ccc(F)cc1S(=O)(=O)C(F)(F)F. The number of nitrogens with zero attached hydrogens (tertiary/aromatic N) is 1. The highest BCUT2D eigenvalue weighted by Crippen LogP contribution is 2.36. The maximum atomic E-state index is 13.4. The minimum Gasteiger partial charge on any atom is -0.389 e. The number of likely N-dealkylation sites (N-methyl/N-ethyl adjacent to an activating group) is 1. The third kappa shape index (κ3) is 5.43. The maximum absolute atomic E-state index is 13.4. The third-order valence-electron chi connectivity index (χ3n) is 3.83. The number of alkyl halides is 3. The molecule has 0 spiro atoms. The van der Waals surface area contributed by atoms with Crippen LogP contribution in [-0.2, 0) is 21.2 Å². The number of ether oxygens (including phenoxy) is 1. The van der Waals surface area contributed by atoms with Gasteiger partial charge in [0.05, 0.1) is 25.0 Å². The van der Waals surface area contributed by atoms with E-state index >= 15 is 0 Å². The number of anilines is 1. The standard InChI is InChI=1S/C18H19F4NO4S/c1-23(10-15(24)12-27-11-13-5-3-2-4-6-13)16-8-7-14(19)9-17(16)28(25,26)18(20,21)22/h2-9,15,24H,10-12H2,1H3. The van der Waals surface area contributed by atoms with Crippen LogP contribution in [-0.4, -0.2) is 45.3 Å². The van der Waals surface area contributed by atoms with Gasteiger partial charge in [-0.2, -0.15) is 13.2 Å². The van der Waals surface area contributed by atoms with E-state index in [4.69, 9.17) is 4.74 Å². The van der Waals surface area contributed by atoms with Gasteiger partial charge in [-0.05, 0) is 23.8 Å². The molecule has 0 radical (unpaired) electrons. The Kier molecular flexibility index (Phi) is 7.02. The first-order valence-electron chi connectivity index (χ1n) is 8.14. The lowest BCUT2D eigenvalue weighted by atomic mass is 10.2. The smallest absolute Gasteiger partial charge is 0.389 e. The summed E-state index contributed by atoms with van der Waals surface area (Å²) in [7, 11) is -4.46. The summed E-state index contributed by atoms with van der Waals surface area (Å²) in [5.74, 6) is -1.12. The van der Waals surface area contributed by atoms with Gasteiger partial charge in [0.2, 0.25) is 0 Å². The van der Waals surface area contributed by atoms with Crippen LogP contribution in [0, 0.1) is 5.82 Å². The van der Waals surface area contributed by atoms with E-state index in [1.807, 2.05) is 30.3 Å². The van der Waals surface area contributed by atoms with Crippen molar-refractivity contribution in [3.63, 3.8) is 0 Å². The summed E-state index contributed by atoms with van der Waals surface area (Å²) in [6.45, 7) is -0.117. The zero-order valence-corrected chi connectivity index (χ0v) is 15.7. The second-order valence-electron chi connectivity index (χ2n) is 6.10. The van der Waals surface area contributed by atoms with Gasteiger partial charge in [-0.3, -0.25) is 0 Å². The number of hydrogen-bond donors (Lipinski definition) is 1. The van der Waals surface area contributed by atoms with Gasteiger partial charge < -0.3 is 14.7 Å². The number of halogens is 4.